The Balaban J connectivity index is 0.000000364. The first-order valence-electron chi connectivity index (χ1n) is 10.8. The molecule has 1 unspecified atom stereocenters. The van der Waals surface area contributed by atoms with E-state index in [4.69, 9.17) is 15.0 Å². The first kappa shape index (κ1) is 24.6. The maximum Gasteiger partial charge on any atom is 0.490 e. The van der Waals surface area contributed by atoms with Gasteiger partial charge >= 0.3 is 12.1 Å². The third kappa shape index (κ3) is 5.95. The maximum atomic E-state index is 10.6. The first-order chi connectivity index (χ1) is 16.7. The van der Waals surface area contributed by atoms with Crippen molar-refractivity contribution in [2.45, 2.75) is 25.2 Å². The van der Waals surface area contributed by atoms with Gasteiger partial charge in [0.1, 0.15) is 5.82 Å². The summed E-state index contributed by atoms with van der Waals surface area (Å²) >= 11 is 1.65. The van der Waals surface area contributed by atoms with Crippen LogP contribution in [0.1, 0.15) is 12.0 Å². The number of likely N-dealkylation sites (N-methyl/N-ethyl adjacent to an activating group) is 1. The normalized spacial score (nSPS) is 16.2. The minimum absolute atomic E-state index is 0.453. The van der Waals surface area contributed by atoms with Crippen LogP contribution in [0.25, 0.3) is 17.0 Å². The van der Waals surface area contributed by atoms with E-state index in [1.54, 1.807) is 11.3 Å². The number of carbonyl (C=O) groups is 1. The van der Waals surface area contributed by atoms with Crippen LogP contribution in [0.15, 0.2) is 59.3 Å². The molecular weight excluding hydrogens is 481 g/mol. The molecule has 1 aliphatic rings. The highest BCUT2D eigenvalue weighted by Gasteiger charge is 2.38. The largest absolute Gasteiger partial charge is 0.490 e. The lowest BCUT2D eigenvalue weighted by Crippen LogP contribution is -2.35. The lowest BCUT2D eigenvalue weighted by atomic mass is 10.2. The van der Waals surface area contributed by atoms with E-state index in [9.17, 15) is 13.2 Å². The zero-order valence-corrected chi connectivity index (χ0v) is 19.6. The molecular formula is C23H23F3N6O2S. The number of benzene rings is 1. The van der Waals surface area contributed by atoms with Crippen molar-refractivity contribution in [1.82, 2.24) is 24.7 Å². The van der Waals surface area contributed by atoms with Gasteiger partial charge in [0.2, 0.25) is 0 Å². The summed E-state index contributed by atoms with van der Waals surface area (Å²) in [6.45, 7) is 3.16. The molecule has 35 heavy (non-hydrogen) atoms. The lowest BCUT2D eigenvalue weighted by molar-refractivity contribution is -0.192. The molecule has 5 rings (SSSR count). The van der Waals surface area contributed by atoms with Gasteiger partial charge in [-0.3, -0.25) is 4.90 Å². The molecule has 184 valence electrons. The number of halogens is 3. The van der Waals surface area contributed by atoms with Crippen LogP contribution in [-0.2, 0) is 11.3 Å². The molecule has 8 nitrogen and oxygen atoms in total. The second-order valence-corrected chi connectivity index (χ2v) is 8.85. The number of nitrogens with zero attached hydrogens (tertiary/aromatic N) is 6. The van der Waals surface area contributed by atoms with Crippen molar-refractivity contribution in [2.24, 2.45) is 0 Å². The van der Waals surface area contributed by atoms with Crippen molar-refractivity contribution in [2.75, 3.05) is 25.0 Å². The number of aromatic nitrogens is 4. The Morgan fingerprint density at radius 1 is 1.17 bits per heavy atom. The number of rotatable bonds is 5. The van der Waals surface area contributed by atoms with Crippen LogP contribution >= 0.6 is 11.3 Å². The van der Waals surface area contributed by atoms with Crippen LogP contribution in [0.2, 0.25) is 0 Å². The maximum absolute atomic E-state index is 10.6. The Morgan fingerprint density at radius 2 is 1.91 bits per heavy atom. The van der Waals surface area contributed by atoms with E-state index in [1.165, 1.54) is 5.56 Å². The highest BCUT2D eigenvalue weighted by molar-refractivity contribution is 7.08. The van der Waals surface area contributed by atoms with E-state index in [1.807, 2.05) is 22.0 Å². The van der Waals surface area contributed by atoms with Gasteiger partial charge in [-0.05, 0) is 35.6 Å². The van der Waals surface area contributed by atoms with E-state index >= 15 is 0 Å². The van der Waals surface area contributed by atoms with Gasteiger partial charge in [-0.1, -0.05) is 30.3 Å². The van der Waals surface area contributed by atoms with Crippen molar-refractivity contribution < 1.29 is 23.1 Å². The molecule has 1 aromatic carbocycles. The van der Waals surface area contributed by atoms with Gasteiger partial charge in [-0.2, -0.15) is 29.0 Å². The summed E-state index contributed by atoms with van der Waals surface area (Å²) in [5.74, 6) is -1.01. The third-order valence-corrected chi connectivity index (χ3v) is 6.36. The van der Waals surface area contributed by atoms with E-state index in [0.717, 1.165) is 48.9 Å². The molecule has 4 heterocycles. The van der Waals surface area contributed by atoms with Gasteiger partial charge in [0.25, 0.3) is 0 Å². The van der Waals surface area contributed by atoms with Crippen LogP contribution < -0.4 is 4.90 Å². The van der Waals surface area contributed by atoms with Gasteiger partial charge in [-0.25, -0.2) is 4.79 Å². The summed E-state index contributed by atoms with van der Waals surface area (Å²) in [6.07, 6.45) is -3.94. The molecule has 1 aliphatic heterocycles. The average molecular weight is 505 g/mol. The van der Waals surface area contributed by atoms with Crippen LogP contribution in [0.4, 0.5) is 19.0 Å². The number of anilines is 1. The SMILES string of the molecule is CN(c1ccc2nnc(-c3ccsc3)n2n1)C1CCN(Cc2ccccc2)C1.O=C(O)C(F)(F)F. The van der Waals surface area contributed by atoms with Crippen LogP contribution in [0.3, 0.4) is 0 Å². The number of hydrogen-bond acceptors (Lipinski definition) is 7. The molecule has 0 radical (unpaired) electrons. The molecule has 1 saturated heterocycles. The molecule has 4 aromatic rings. The number of aliphatic carboxylic acids is 1. The number of hydrogen-bond donors (Lipinski definition) is 1. The van der Waals surface area contributed by atoms with E-state index in [2.05, 4.69) is 68.8 Å². The average Bonchev–Trinajstić information content (AvgIpc) is 3.59. The Labute approximate surface area is 203 Å². The van der Waals surface area contributed by atoms with Gasteiger partial charge in [-0.15, -0.1) is 15.3 Å². The summed E-state index contributed by atoms with van der Waals surface area (Å²) in [7, 11) is 2.14. The van der Waals surface area contributed by atoms with Crippen LogP contribution in [0, 0.1) is 0 Å². The quantitative estimate of drug-likeness (QED) is 0.436. The van der Waals surface area contributed by atoms with Gasteiger partial charge in [0, 0.05) is 43.7 Å². The fraction of sp³-hybridized carbons (Fsp3) is 0.304. The van der Waals surface area contributed by atoms with Crippen LogP contribution in [-0.4, -0.2) is 68.1 Å². The van der Waals surface area contributed by atoms with Gasteiger partial charge < -0.3 is 10.0 Å². The number of likely N-dealkylation sites (tertiary alicyclic amines) is 1. The number of alkyl halides is 3. The fourth-order valence-electron chi connectivity index (χ4n) is 3.84. The van der Waals surface area contributed by atoms with Crippen molar-refractivity contribution in [3.63, 3.8) is 0 Å². The number of carboxylic acids is 1. The smallest absolute Gasteiger partial charge is 0.475 e. The summed E-state index contributed by atoms with van der Waals surface area (Å²) in [6, 6.07) is 17.2. The van der Waals surface area contributed by atoms with E-state index in [-0.39, 0.29) is 0 Å². The van der Waals surface area contributed by atoms with Crippen LogP contribution in [0.5, 0.6) is 0 Å². The van der Waals surface area contributed by atoms with Crippen molar-refractivity contribution in [1.29, 1.82) is 0 Å². The zero-order chi connectivity index (χ0) is 25.0. The molecule has 3 aromatic heterocycles. The molecule has 0 saturated carbocycles. The topological polar surface area (TPSA) is 86.9 Å². The summed E-state index contributed by atoms with van der Waals surface area (Å²) in [5.41, 5.74) is 3.20. The molecule has 1 fully saturated rings. The fourth-order valence-corrected chi connectivity index (χ4v) is 4.47. The minimum Gasteiger partial charge on any atom is -0.475 e. The highest BCUT2D eigenvalue weighted by Crippen LogP contribution is 2.24. The molecule has 1 N–H and O–H groups in total. The predicted molar refractivity (Wildman–Crippen MR) is 126 cm³/mol. The Kier molecular flexibility index (Phi) is 7.31. The summed E-state index contributed by atoms with van der Waals surface area (Å²) < 4.78 is 33.6. The molecule has 0 bridgehead atoms. The van der Waals surface area contributed by atoms with Crippen molar-refractivity contribution >= 4 is 28.8 Å². The predicted octanol–water partition coefficient (Wildman–Crippen LogP) is 4.20. The van der Waals surface area contributed by atoms with E-state index < -0.39 is 12.1 Å². The van der Waals surface area contributed by atoms with Crippen molar-refractivity contribution in [3.05, 3.63) is 64.9 Å². The molecule has 0 amide bonds. The number of thiophene rings is 1. The second kappa shape index (κ2) is 10.4. The van der Waals surface area contributed by atoms with Gasteiger partial charge in [0.15, 0.2) is 11.5 Å². The lowest BCUT2D eigenvalue weighted by Gasteiger charge is -2.26. The minimum atomic E-state index is -5.08. The van der Waals surface area contributed by atoms with E-state index in [0.29, 0.717) is 6.04 Å². The highest BCUT2D eigenvalue weighted by atomic mass is 32.1. The summed E-state index contributed by atoms with van der Waals surface area (Å²) in [5, 5.41) is 24.7. The number of carboxylic acid groups (broad SMARTS) is 1. The second-order valence-electron chi connectivity index (χ2n) is 8.07. The monoisotopic (exact) mass is 504 g/mol. The molecule has 0 spiro atoms. The standard InChI is InChI=1S/C21H22N6S.C2HF3O2/c1-25(18-9-11-26(14-18)13-16-5-3-2-4-6-16)20-8-7-19-22-23-21(27(19)24-20)17-10-12-28-15-17;3-2(4,5)1(6)7/h2-8,10,12,15,18H,9,11,13-14H2,1H3;(H,6,7). The summed E-state index contributed by atoms with van der Waals surface area (Å²) in [4.78, 5) is 13.7. The molecule has 0 aliphatic carbocycles. The molecule has 1 atom stereocenters. The Morgan fingerprint density at radius 3 is 2.57 bits per heavy atom. The van der Waals surface area contributed by atoms with Crippen molar-refractivity contribution in [3.8, 4) is 11.4 Å². The number of fused-ring (bicyclic) bond motifs is 1. The third-order valence-electron chi connectivity index (χ3n) is 5.68. The molecule has 12 heteroatoms. The Bertz CT molecular complexity index is 1260. The zero-order valence-electron chi connectivity index (χ0n) is 18.8. The Hall–Kier alpha value is -3.51. The first-order valence-corrected chi connectivity index (χ1v) is 11.7. The van der Waals surface area contributed by atoms with Gasteiger partial charge in [0.05, 0.1) is 0 Å².